The molecule has 3 N–H and O–H groups in total. The molecule has 4 heteroatoms. The zero-order valence-electron chi connectivity index (χ0n) is 10.0. The Bertz CT molecular complexity index is 321. The molecule has 0 saturated carbocycles. The fraction of sp³-hybridized carbons (Fsp3) is 0.417. The van der Waals surface area contributed by atoms with Crippen LogP contribution >= 0.6 is 0 Å². The van der Waals surface area contributed by atoms with Crippen LogP contribution in [0, 0.1) is 6.92 Å². The summed E-state index contributed by atoms with van der Waals surface area (Å²) < 4.78 is 4.94. The minimum absolute atomic E-state index is 0.398. The van der Waals surface area contributed by atoms with Crippen LogP contribution in [0.15, 0.2) is 24.3 Å². The number of hydrogen-bond donors (Lipinski definition) is 1. The van der Waals surface area contributed by atoms with Gasteiger partial charge in [-0.1, -0.05) is 18.2 Å². The summed E-state index contributed by atoms with van der Waals surface area (Å²) in [6, 6.07) is 7.81. The lowest BCUT2D eigenvalue weighted by Crippen LogP contribution is -2.57. The Morgan fingerprint density at radius 3 is 2.38 bits per heavy atom. The molecule has 16 heavy (non-hydrogen) atoms. The molecule has 4 nitrogen and oxygen atoms in total. The molecule has 0 bridgehead atoms. The topological polar surface area (TPSA) is 77.0 Å². The van der Waals surface area contributed by atoms with Gasteiger partial charge in [-0.3, -0.25) is 0 Å². The van der Waals surface area contributed by atoms with E-state index < -0.39 is 12.6 Å². The highest BCUT2D eigenvalue weighted by Crippen LogP contribution is 2.15. The number of ether oxygens (including phenoxy) is 1. The molecule has 1 rings (SSSR count). The summed E-state index contributed by atoms with van der Waals surface area (Å²) in [4.78, 5) is 10.0. The highest BCUT2D eigenvalue weighted by Gasteiger charge is 1.96. The van der Waals surface area contributed by atoms with E-state index in [2.05, 4.69) is 19.6 Å². The van der Waals surface area contributed by atoms with Gasteiger partial charge in [0, 0.05) is 0 Å². The number of para-hydroxylation sites is 1. The number of aryl methyl sites for hydroxylation is 1. The third kappa shape index (κ3) is 7.82. The van der Waals surface area contributed by atoms with Crippen LogP contribution in [0.4, 0.5) is 0 Å². The van der Waals surface area contributed by atoms with Crippen molar-refractivity contribution < 1.29 is 20.4 Å². The third-order valence-corrected chi connectivity index (χ3v) is 1.44. The lowest BCUT2D eigenvalue weighted by Gasteiger charge is -2.08. The molecule has 0 fully saturated rings. The zero-order chi connectivity index (χ0) is 12.6. The molecule has 90 valence electrons. The maximum atomic E-state index is 10.0. The quantitative estimate of drug-likeness (QED) is 0.771. The summed E-state index contributed by atoms with van der Waals surface area (Å²) in [6.07, 6.45) is 0. The van der Waals surface area contributed by atoms with Crippen molar-refractivity contribution in [3.8, 4) is 5.75 Å². The van der Waals surface area contributed by atoms with E-state index in [9.17, 15) is 9.90 Å². The van der Waals surface area contributed by atoms with E-state index in [0.717, 1.165) is 5.56 Å². The summed E-state index contributed by atoms with van der Waals surface area (Å²) >= 11 is 0. The first kappa shape index (κ1) is 14.5. The van der Waals surface area contributed by atoms with Crippen molar-refractivity contribution in [1.82, 2.24) is 0 Å². The van der Waals surface area contributed by atoms with Gasteiger partial charge in [0.2, 0.25) is 0 Å². The number of aliphatic carboxylic acids is 1. The second-order valence-corrected chi connectivity index (χ2v) is 3.82. The Morgan fingerprint density at radius 2 is 1.94 bits per heavy atom. The predicted octanol–water partition coefficient (Wildman–Crippen LogP) is -0.240. The number of carbonyl (C=O) groups is 1. The van der Waals surface area contributed by atoms with Crippen molar-refractivity contribution in [2.45, 2.75) is 26.8 Å². The van der Waals surface area contributed by atoms with E-state index in [1.807, 2.05) is 19.1 Å². The van der Waals surface area contributed by atoms with E-state index in [1.165, 1.54) is 0 Å². The van der Waals surface area contributed by atoms with Crippen molar-refractivity contribution >= 4 is 5.97 Å². The molecule has 0 atom stereocenters. The van der Waals surface area contributed by atoms with Crippen LogP contribution in [0.5, 0.6) is 5.75 Å². The molecule has 0 unspecified atom stereocenters. The van der Waals surface area contributed by atoms with Crippen molar-refractivity contribution in [1.29, 1.82) is 0 Å². The molecule has 0 spiro atoms. The van der Waals surface area contributed by atoms with Crippen LogP contribution in [-0.2, 0) is 4.79 Å². The maximum Gasteiger partial charge on any atom is 0.128 e. The molecule has 0 amide bonds. The molecule has 1 aromatic carbocycles. The van der Waals surface area contributed by atoms with Crippen LogP contribution in [0.3, 0.4) is 0 Å². The predicted molar refractivity (Wildman–Crippen MR) is 59.7 cm³/mol. The van der Waals surface area contributed by atoms with E-state index in [4.69, 9.17) is 4.74 Å². The third-order valence-electron chi connectivity index (χ3n) is 1.44. The standard InChI is InChI=1S/C9H10O3.C3H9N/c1-7-4-2-3-5-8(7)12-6-9(10)11;1-3(2)4/h2-5H,6H2,1H3,(H,10,11);3H,4H2,1-2H3. The number of hydrogen-bond acceptors (Lipinski definition) is 3. The molecule has 0 aliphatic heterocycles. The monoisotopic (exact) mass is 225 g/mol. The summed E-state index contributed by atoms with van der Waals surface area (Å²) in [5.41, 5.74) is 4.55. The van der Waals surface area contributed by atoms with Crippen molar-refractivity contribution in [2.75, 3.05) is 6.61 Å². The van der Waals surface area contributed by atoms with Crippen LogP contribution in [-0.4, -0.2) is 18.6 Å². The van der Waals surface area contributed by atoms with Crippen LogP contribution in [0.25, 0.3) is 0 Å². The first-order chi connectivity index (χ1) is 7.43. The molecule has 0 aliphatic carbocycles. The number of carboxylic acids is 1. The van der Waals surface area contributed by atoms with Crippen molar-refractivity contribution in [3.63, 3.8) is 0 Å². The second kappa shape index (κ2) is 7.70. The number of rotatable bonds is 3. The van der Waals surface area contributed by atoms with Gasteiger partial charge in [0.25, 0.3) is 0 Å². The van der Waals surface area contributed by atoms with E-state index in [0.29, 0.717) is 11.8 Å². The number of carboxylic acid groups (broad SMARTS) is 1. The Labute approximate surface area is 96.0 Å². The lowest BCUT2D eigenvalue weighted by atomic mass is 10.2. The number of carbonyl (C=O) groups excluding carboxylic acids is 1. The summed E-state index contributed by atoms with van der Waals surface area (Å²) in [5.74, 6) is -0.625. The minimum atomic E-state index is -1.21. The summed E-state index contributed by atoms with van der Waals surface area (Å²) in [6.45, 7) is 5.56. The molecule has 0 saturated heterocycles. The van der Waals surface area contributed by atoms with Gasteiger partial charge in [-0.05, 0) is 32.4 Å². The Kier molecular flexibility index (Phi) is 6.96. The smallest absolute Gasteiger partial charge is 0.128 e. The van der Waals surface area contributed by atoms with E-state index in [1.54, 1.807) is 12.1 Å². The van der Waals surface area contributed by atoms with Gasteiger partial charge in [-0.25, -0.2) is 0 Å². The van der Waals surface area contributed by atoms with Crippen molar-refractivity contribution in [3.05, 3.63) is 29.8 Å². The molecule has 0 radical (unpaired) electrons. The van der Waals surface area contributed by atoms with Gasteiger partial charge in [-0.15, -0.1) is 0 Å². The minimum Gasteiger partial charge on any atom is -0.546 e. The average molecular weight is 225 g/mol. The number of quaternary nitrogens is 1. The van der Waals surface area contributed by atoms with Gasteiger partial charge in [-0.2, -0.15) is 0 Å². The Hall–Kier alpha value is -1.55. The highest BCUT2D eigenvalue weighted by molar-refractivity contribution is 5.66. The Balaban J connectivity index is 0.000000487. The normalized spacial score (nSPS) is 9.31. The molecule has 0 aliphatic rings. The highest BCUT2D eigenvalue weighted by atomic mass is 16.5. The van der Waals surface area contributed by atoms with Gasteiger partial charge in [0.1, 0.15) is 12.4 Å². The van der Waals surface area contributed by atoms with Gasteiger partial charge >= 0.3 is 0 Å². The largest absolute Gasteiger partial charge is 0.546 e. The fourth-order valence-electron chi connectivity index (χ4n) is 0.855. The van der Waals surface area contributed by atoms with Gasteiger partial charge in [0.15, 0.2) is 0 Å². The van der Waals surface area contributed by atoms with Crippen LogP contribution in [0.2, 0.25) is 0 Å². The van der Waals surface area contributed by atoms with Crippen LogP contribution < -0.4 is 15.6 Å². The van der Waals surface area contributed by atoms with E-state index >= 15 is 0 Å². The Morgan fingerprint density at radius 1 is 1.44 bits per heavy atom. The van der Waals surface area contributed by atoms with Crippen LogP contribution in [0.1, 0.15) is 19.4 Å². The summed E-state index contributed by atoms with van der Waals surface area (Å²) in [7, 11) is 0. The van der Waals surface area contributed by atoms with Gasteiger partial charge in [0.05, 0.1) is 12.0 Å². The SMILES string of the molecule is CC(C)[NH3+].Cc1ccccc1OCC(=O)[O-]. The number of benzene rings is 1. The maximum absolute atomic E-state index is 10.0. The van der Waals surface area contributed by atoms with E-state index in [-0.39, 0.29) is 0 Å². The molecular formula is C12H19NO3. The average Bonchev–Trinajstić information content (AvgIpc) is 2.15. The van der Waals surface area contributed by atoms with Crippen molar-refractivity contribution in [2.24, 2.45) is 0 Å². The summed E-state index contributed by atoms with van der Waals surface area (Å²) in [5, 5.41) is 10.0. The molecule has 0 heterocycles. The zero-order valence-corrected chi connectivity index (χ0v) is 10.0. The fourth-order valence-corrected chi connectivity index (χ4v) is 0.855. The molecule has 0 aromatic heterocycles. The molecular weight excluding hydrogens is 206 g/mol. The first-order valence-corrected chi connectivity index (χ1v) is 5.14. The second-order valence-electron chi connectivity index (χ2n) is 3.82. The first-order valence-electron chi connectivity index (χ1n) is 5.14. The molecule has 1 aromatic rings. The van der Waals surface area contributed by atoms with Gasteiger partial charge < -0.3 is 20.4 Å². The lowest BCUT2D eigenvalue weighted by molar-refractivity contribution is -0.407.